The fourth-order valence-corrected chi connectivity index (χ4v) is 2.61. The molecule has 0 aliphatic carbocycles. The Balaban J connectivity index is 1.76. The summed E-state index contributed by atoms with van der Waals surface area (Å²) in [5.41, 5.74) is 1.87. The summed E-state index contributed by atoms with van der Waals surface area (Å²) < 4.78 is 1.71. The first-order valence-corrected chi connectivity index (χ1v) is 7.47. The molecule has 22 heavy (non-hydrogen) atoms. The number of hydrogen-bond acceptors (Lipinski definition) is 5. The van der Waals surface area contributed by atoms with Gasteiger partial charge in [0.2, 0.25) is 0 Å². The monoisotopic (exact) mass is 314 g/mol. The number of anilines is 2. The van der Waals surface area contributed by atoms with Crippen LogP contribution in [-0.4, -0.2) is 25.8 Å². The standard InChI is InChI=1S/C14H14N6OS/c1-9-6-10(2)20(19-9)12-7-11(15-8-16-12)17-14(21)18-13-4-3-5-22-13/h3-8H,1-2H3,(H2,15,16,17,18,21). The summed E-state index contributed by atoms with van der Waals surface area (Å²) in [6, 6.07) is 6.98. The molecular formula is C14H14N6OS. The maximum absolute atomic E-state index is 11.9. The minimum atomic E-state index is -0.347. The first kappa shape index (κ1) is 14.2. The van der Waals surface area contributed by atoms with Crippen LogP contribution in [0.3, 0.4) is 0 Å². The average molecular weight is 314 g/mol. The van der Waals surface area contributed by atoms with Crippen LogP contribution in [0.1, 0.15) is 11.4 Å². The van der Waals surface area contributed by atoms with Crippen molar-refractivity contribution in [2.45, 2.75) is 13.8 Å². The van der Waals surface area contributed by atoms with E-state index in [0.29, 0.717) is 11.6 Å². The van der Waals surface area contributed by atoms with Gasteiger partial charge in [0.15, 0.2) is 5.82 Å². The van der Waals surface area contributed by atoms with E-state index in [1.54, 1.807) is 10.7 Å². The highest BCUT2D eigenvalue weighted by atomic mass is 32.1. The Morgan fingerprint density at radius 3 is 2.77 bits per heavy atom. The van der Waals surface area contributed by atoms with Crippen molar-refractivity contribution < 1.29 is 4.79 Å². The number of rotatable bonds is 3. The number of amides is 2. The lowest BCUT2D eigenvalue weighted by Crippen LogP contribution is -2.19. The lowest BCUT2D eigenvalue weighted by molar-refractivity contribution is 0.262. The number of nitrogens with one attached hydrogen (secondary N) is 2. The summed E-state index contributed by atoms with van der Waals surface area (Å²) in [4.78, 5) is 20.1. The molecule has 0 fully saturated rings. The van der Waals surface area contributed by atoms with Crippen molar-refractivity contribution in [2.24, 2.45) is 0 Å². The molecule has 0 aliphatic rings. The predicted octanol–water partition coefficient (Wildman–Crippen LogP) is 2.98. The molecule has 0 saturated heterocycles. The first-order chi connectivity index (χ1) is 10.6. The zero-order chi connectivity index (χ0) is 15.5. The van der Waals surface area contributed by atoms with Gasteiger partial charge >= 0.3 is 6.03 Å². The van der Waals surface area contributed by atoms with Gasteiger partial charge in [-0.2, -0.15) is 5.10 Å². The molecule has 0 radical (unpaired) electrons. The molecular weight excluding hydrogens is 300 g/mol. The Kier molecular flexibility index (Phi) is 3.84. The molecule has 3 heterocycles. The van der Waals surface area contributed by atoms with Crippen LogP contribution in [0.25, 0.3) is 5.82 Å². The minimum absolute atomic E-state index is 0.347. The largest absolute Gasteiger partial charge is 0.325 e. The average Bonchev–Trinajstić information content (AvgIpc) is 3.08. The SMILES string of the molecule is Cc1cc(C)n(-c2cc(NC(=O)Nc3cccs3)ncn2)n1. The molecule has 7 nitrogen and oxygen atoms in total. The summed E-state index contributed by atoms with van der Waals surface area (Å²) in [6.07, 6.45) is 1.40. The quantitative estimate of drug-likeness (QED) is 0.778. The fraction of sp³-hybridized carbons (Fsp3) is 0.143. The van der Waals surface area contributed by atoms with Gasteiger partial charge < -0.3 is 0 Å². The number of hydrogen-bond donors (Lipinski definition) is 2. The van der Waals surface area contributed by atoms with E-state index < -0.39 is 0 Å². The molecule has 112 valence electrons. The molecule has 8 heteroatoms. The molecule has 3 aromatic rings. The van der Waals surface area contributed by atoms with Gasteiger partial charge in [-0.3, -0.25) is 10.6 Å². The van der Waals surface area contributed by atoms with Gasteiger partial charge in [-0.05, 0) is 37.4 Å². The van der Waals surface area contributed by atoms with Crippen LogP contribution in [0.5, 0.6) is 0 Å². The summed E-state index contributed by atoms with van der Waals surface area (Å²) in [5, 5.41) is 12.4. The van der Waals surface area contributed by atoms with E-state index >= 15 is 0 Å². The second kappa shape index (κ2) is 5.94. The maximum atomic E-state index is 11.9. The van der Waals surface area contributed by atoms with Crippen molar-refractivity contribution in [3.8, 4) is 5.82 Å². The van der Waals surface area contributed by atoms with E-state index in [4.69, 9.17) is 0 Å². The molecule has 0 atom stereocenters. The fourth-order valence-electron chi connectivity index (χ4n) is 2.00. The number of aromatic nitrogens is 4. The van der Waals surface area contributed by atoms with E-state index in [-0.39, 0.29) is 6.03 Å². The Labute approximate surface area is 131 Å². The van der Waals surface area contributed by atoms with E-state index in [0.717, 1.165) is 16.4 Å². The van der Waals surface area contributed by atoms with Crippen molar-refractivity contribution in [3.05, 3.63) is 47.4 Å². The van der Waals surface area contributed by atoms with Crippen molar-refractivity contribution in [1.29, 1.82) is 0 Å². The first-order valence-electron chi connectivity index (χ1n) is 6.59. The van der Waals surface area contributed by atoms with Gasteiger partial charge in [-0.25, -0.2) is 19.4 Å². The molecule has 3 rings (SSSR count). The number of carbonyl (C=O) groups is 1. The van der Waals surface area contributed by atoms with Gasteiger partial charge in [0, 0.05) is 11.8 Å². The second-order valence-electron chi connectivity index (χ2n) is 4.66. The molecule has 0 aliphatic heterocycles. The Morgan fingerprint density at radius 2 is 2.09 bits per heavy atom. The zero-order valence-corrected chi connectivity index (χ0v) is 12.9. The van der Waals surface area contributed by atoms with Crippen LogP contribution in [0.2, 0.25) is 0 Å². The highest BCUT2D eigenvalue weighted by Gasteiger charge is 2.09. The van der Waals surface area contributed by atoms with Gasteiger partial charge in [0.1, 0.15) is 12.1 Å². The number of nitrogens with zero attached hydrogens (tertiary/aromatic N) is 4. The molecule has 2 amide bonds. The van der Waals surface area contributed by atoms with Crippen LogP contribution in [0, 0.1) is 13.8 Å². The summed E-state index contributed by atoms with van der Waals surface area (Å²) >= 11 is 1.45. The van der Waals surface area contributed by atoms with Crippen LogP contribution in [0.15, 0.2) is 36.0 Å². The van der Waals surface area contributed by atoms with E-state index in [1.165, 1.54) is 17.7 Å². The number of aryl methyl sites for hydroxylation is 2. The minimum Gasteiger partial charge on any atom is -0.299 e. The van der Waals surface area contributed by atoms with Crippen molar-refractivity contribution in [1.82, 2.24) is 19.7 Å². The summed E-state index contributed by atoms with van der Waals surface area (Å²) in [5.74, 6) is 1.01. The van der Waals surface area contributed by atoms with Gasteiger partial charge in [0.25, 0.3) is 0 Å². The van der Waals surface area contributed by atoms with E-state index in [9.17, 15) is 4.79 Å². The van der Waals surface area contributed by atoms with E-state index in [1.807, 2.05) is 37.4 Å². The summed E-state index contributed by atoms with van der Waals surface area (Å²) in [7, 11) is 0. The van der Waals surface area contributed by atoms with Gasteiger partial charge in [-0.15, -0.1) is 11.3 Å². The van der Waals surface area contributed by atoms with Crippen LogP contribution in [0.4, 0.5) is 15.6 Å². The topological polar surface area (TPSA) is 84.7 Å². The second-order valence-corrected chi connectivity index (χ2v) is 5.60. The lowest BCUT2D eigenvalue weighted by atomic mass is 10.4. The molecule has 0 spiro atoms. The number of urea groups is 1. The molecule has 2 N–H and O–H groups in total. The number of thiophene rings is 1. The van der Waals surface area contributed by atoms with Crippen molar-refractivity contribution >= 4 is 28.2 Å². The maximum Gasteiger partial charge on any atom is 0.325 e. The van der Waals surface area contributed by atoms with E-state index in [2.05, 4.69) is 25.7 Å². The van der Waals surface area contributed by atoms with Crippen LogP contribution < -0.4 is 10.6 Å². The normalized spacial score (nSPS) is 10.5. The predicted molar refractivity (Wildman–Crippen MR) is 85.6 cm³/mol. The highest BCUT2D eigenvalue weighted by Crippen LogP contribution is 2.16. The van der Waals surface area contributed by atoms with Crippen LogP contribution in [-0.2, 0) is 0 Å². The molecule has 0 aromatic carbocycles. The third-order valence-electron chi connectivity index (χ3n) is 2.88. The third-order valence-corrected chi connectivity index (χ3v) is 3.66. The number of carbonyl (C=O) groups excluding carboxylic acids is 1. The smallest absolute Gasteiger partial charge is 0.299 e. The Bertz CT molecular complexity index is 796. The lowest BCUT2D eigenvalue weighted by Gasteiger charge is -2.07. The van der Waals surface area contributed by atoms with Crippen molar-refractivity contribution in [3.63, 3.8) is 0 Å². The molecule has 0 bridgehead atoms. The van der Waals surface area contributed by atoms with Gasteiger partial charge in [0.05, 0.1) is 10.7 Å². The van der Waals surface area contributed by atoms with Crippen molar-refractivity contribution in [2.75, 3.05) is 10.6 Å². The molecule has 0 unspecified atom stereocenters. The molecule has 0 saturated carbocycles. The van der Waals surface area contributed by atoms with Gasteiger partial charge in [-0.1, -0.05) is 0 Å². The third kappa shape index (κ3) is 3.12. The highest BCUT2D eigenvalue weighted by molar-refractivity contribution is 7.14. The molecule has 3 aromatic heterocycles. The summed E-state index contributed by atoms with van der Waals surface area (Å²) in [6.45, 7) is 3.86. The zero-order valence-electron chi connectivity index (χ0n) is 12.1. The van der Waals surface area contributed by atoms with Crippen LogP contribution >= 0.6 is 11.3 Å². The Hall–Kier alpha value is -2.74. The Morgan fingerprint density at radius 1 is 1.23 bits per heavy atom.